The van der Waals surface area contributed by atoms with Gasteiger partial charge in [-0.05, 0) is 29.8 Å². The van der Waals surface area contributed by atoms with Gasteiger partial charge in [0.25, 0.3) is 0 Å². The van der Waals surface area contributed by atoms with E-state index < -0.39 is 6.10 Å². The summed E-state index contributed by atoms with van der Waals surface area (Å²) in [6, 6.07) is 13.9. The SMILES string of the molecule is COc1cccc(N2CCN(C[C@@H](O)c3ccc4c(c3)OCCCO4)CC2)c1. The summed E-state index contributed by atoms with van der Waals surface area (Å²) in [7, 11) is 1.69. The van der Waals surface area contributed by atoms with Crippen molar-refractivity contribution in [3.63, 3.8) is 0 Å². The monoisotopic (exact) mass is 384 g/mol. The fourth-order valence-corrected chi connectivity index (χ4v) is 3.73. The zero-order valence-electron chi connectivity index (χ0n) is 16.3. The molecule has 0 saturated carbocycles. The summed E-state index contributed by atoms with van der Waals surface area (Å²) in [6.07, 6.45) is 0.338. The minimum atomic E-state index is -0.541. The van der Waals surface area contributed by atoms with E-state index in [1.54, 1.807) is 7.11 Å². The Balaban J connectivity index is 1.33. The summed E-state index contributed by atoms with van der Waals surface area (Å²) in [5.74, 6) is 2.38. The van der Waals surface area contributed by atoms with Crippen LogP contribution in [0.25, 0.3) is 0 Å². The number of fused-ring (bicyclic) bond motifs is 1. The summed E-state index contributed by atoms with van der Waals surface area (Å²) in [5.41, 5.74) is 2.06. The Bertz CT molecular complexity index is 790. The molecule has 0 bridgehead atoms. The van der Waals surface area contributed by atoms with Crippen molar-refractivity contribution < 1.29 is 19.3 Å². The largest absolute Gasteiger partial charge is 0.497 e. The predicted octanol–water partition coefficient (Wildman–Crippen LogP) is 2.71. The maximum atomic E-state index is 10.7. The third-order valence-corrected chi connectivity index (χ3v) is 5.38. The molecule has 1 saturated heterocycles. The smallest absolute Gasteiger partial charge is 0.161 e. The van der Waals surface area contributed by atoms with Gasteiger partial charge in [0.2, 0.25) is 0 Å². The number of ether oxygens (including phenoxy) is 3. The molecule has 0 unspecified atom stereocenters. The van der Waals surface area contributed by atoms with E-state index in [2.05, 4.69) is 21.9 Å². The molecule has 2 aliphatic heterocycles. The number of anilines is 1. The number of β-amino-alcohol motifs (C(OH)–C–C–N with tert-alkyl or cyclic N) is 1. The summed E-state index contributed by atoms with van der Waals surface area (Å²) < 4.78 is 16.7. The van der Waals surface area contributed by atoms with Crippen molar-refractivity contribution in [3.05, 3.63) is 48.0 Å². The van der Waals surface area contributed by atoms with Crippen LogP contribution in [0.5, 0.6) is 17.2 Å². The second kappa shape index (κ2) is 8.71. The van der Waals surface area contributed by atoms with Crippen LogP contribution < -0.4 is 19.1 Å². The maximum Gasteiger partial charge on any atom is 0.161 e. The molecule has 0 aliphatic carbocycles. The second-order valence-corrected chi connectivity index (χ2v) is 7.26. The molecule has 2 aromatic rings. The van der Waals surface area contributed by atoms with Crippen molar-refractivity contribution in [2.75, 3.05) is 57.9 Å². The van der Waals surface area contributed by atoms with E-state index in [9.17, 15) is 5.11 Å². The van der Waals surface area contributed by atoms with Crippen LogP contribution in [0.15, 0.2) is 42.5 Å². The predicted molar refractivity (Wildman–Crippen MR) is 109 cm³/mol. The zero-order chi connectivity index (χ0) is 19.3. The average Bonchev–Trinajstić information content (AvgIpc) is 2.99. The summed E-state index contributed by atoms with van der Waals surface area (Å²) in [5, 5.41) is 10.7. The lowest BCUT2D eigenvalue weighted by Crippen LogP contribution is -2.47. The van der Waals surface area contributed by atoms with Gasteiger partial charge in [0.05, 0.1) is 26.4 Å². The average molecular weight is 384 g/mol. The van der Waals surface area contributed by atoms with E-state index in [4.69, 9.17) is 14.2 Å². The van der Waals surface area contributed by atoms with Gasteiger partial charge in [-0.1, -0.05) is 12.1 Å². The highest BCUT2D eigenvalue weighted by molar-refractivity contribution is 5.51. The van der Waals surface area contributed by atoms with Crippen molar-refractivity contribution in [2.24, 2.45) is 0 Å². The fraction of sp³-hybridized carbons (Fsp3) is 0.455. The molecule has 2 heterocycles. The van der Waals surface area contributed by atoms with Gasteiger partial charge in [-0.25, -0.2) is 0 Å². The lowest BCUT2D eigenvalue weighted by molar-refractivity contribution is 0.109. The maximum absolute atomic E-state index is 10.7. The van der Waals surface area contributed by atoms with Gasteiger partial charge >= 0.3 is 0 Å². The Kier molecular flexibility index (Phi) is 5.88. The Morgan fingerprint density at radius 2 is 1.79 bits per heavy atom. The standard InChI is InChI=1S/C22H28N2O4/c1-26-19-5-2-4-18(15-19)24-10-8-23(9-11-24)16-20(25)17-6-7-21-22(14-17)28-13-3-12-27-21/h2,4-7,14-15,20,25H,3,8-13,16H2,1H3/t20-/m1/s1. The van der Waals surface area contributed by atoms with Crippen molar-refractivity contribution in [2.45, 2.75) is 12.5 Å². The van der Waals surface area contributed by atoms with Crippen molar-refractivity contribution in [1.82, 2.24) is 4.90 Å². The first kappa shape index (κ1) is 18.9. The molecule has 2 aliphatic rings. The van der Waals surface area contributed by atoms with Crippen LogP contribution in [0, 0.1) is 0 Å². The molecule has 6 nitrogen and oxygen atoms in total. The van der Waals surface area contributed by atoms with Crippen LogP contribution in [-0.4, -0.2) is 63.1 Å². The second-order valence-electron chi connectivity index (χ2n) is 7.26. The van der Waals surface area contributed by atoms with Crippen molar-refractivity contribution in [3.8, 4) is 17.2 Å². The van der Waals surface area contributed by atoms with E-state index >= 15 is 0 Å². The van der Waals surface area contributed by atoms with Crippen molar-refractivity contribution in [1.29, 1.82) is 0 Å². The summed E-state index contributed by atoms with van der Waals surface area (Å²) in [6.45, 7) is 5.64. The van der Waals surface area contributed by atoms with Crippen LogP contribution in [0.4, 0.5) is 5.69 Å². The number of rotatable bonds is 5. The number of piperazine rings is 1. The third-order valence-electron chi connectivity index (χ3n) is 5.38. The molecule has 150 valence electrons. The van der Waals surface area contributed by atoms with Gasteiger partial charge in [0, 0.05) is 50.9 Å². The van der Waals surface area contributed by atoms with Gasteiger partial charge in [-0.2, -0.15) is 0 Å². The molecule has 0 spiro atoms. The molecule has 6 heteroatoms. The van der Waals surface area contributed by atoms with Gasteiger partial charge in [0.1, 0.15) is 5.75 Å². The Labute approximate surface area is 166 Å². The van der Waals surface area contributed by atoms with E-state index in [-0.39, 0.29) is 0 Å². The quantitative estimate of drug-likeness (QED) is 0.856. The summed E-state index contributed by atoms with van der Waals surface area (Å²) in [4.78, 5) is 4.67. The first-order valence-electron chi connectivity index (χ1n) is 9.92. The number of nitrogens with zero attached hydrogens (tertiary/aromatic N) is 2. The zero-order valence-corrected chi connectivity index (χ0v) is 16.3. The number of benzene rings is 2. The highest BCUT2D eigenvalue weighted by Crippen LogP contribution is 2.32. The molecule has 4 rings (SSSR count). The number of methoxy groups -OCH3 is 1. The number of hydrogen-bond donors (Lipinski definition) is 1. The minimum Gasteiger partial charge on any atom is -0.497 e. The van der Waals surface area contributed by atoms with E-state index in [1.165, 1.54) is 5.69 Å². The van der Waals surface area contributed by atoms with Gasteiger partial charge in [0.15, 0.2) is 11.5 Å². The van der Waals surface area contributed by atoms with Gasteiger partial charge in [-0.3, -0.25) is 4.90 Å². The van der Waals surface area contributed by atoms with Crippen LogP contribution in [0.1, 0.15) is 18.1 Å². The molecule has 0 radical (unpaired) electrons. The highest BCUT2D eigenvalue weighted by Gasteiger charge is 2.21. The topological polar surface area (TPSA) is 54.4 Å². The number of aliphatic hydroxyl groups excluding tert-OH is 1. The van der Waals surface area contributed by atoms with E-state index in [0.29, 0.717) is 19.8 Å². The first-order valence-corrected chi connectivity index (χ1v) is 9.92. The molecule has 28 heavy (non-hydrogen) atoms. The number of hydrogen-bond acceptors (Lipinski definition) is 6. The van der Waals surface area contributed by atoms with Crippen LogP contribution in [-0.2, 0) is 0 Å². The molecular formula is C22H28N2O4. The molecule has 1 atom stereocenters. The van der Waals surface area contributed by atoms with Gasteiger partial charge < -0.3 is 24.2 Å². The van der Waals surface area contributed by atoms with Crippen LogP contribution in [0.3, 0.4) is 0 Å². The molecule has 1 fully saturated rings. The highest BCUT2D eigenvalue weighted by atomic mass is 16.5. The van der Waals surface area contributed by atoms with Crippen LogP contribution in [0.2, 0.25) is 0 Å². The number of aliphatic hydroxyl groups is 1. The molecule has 2 aromatic carbocycles. The van der Waals surface area contributed by atoms with Crippen LogP contribution >= 0.6 is 0 Å². The third kappa shape index (κ3) is 4.34. The molecule has 0 amide bonds. The lowest BCUT2D eigenvalue weighted by atomic mass is 10.1. The minimum absolute atomic E-state index is 0.541. The normalized spacial score (nSPS) is 18.4. The fourth-order valence-electron chi connectivity index (χ4n) is 3.73. The Morgan fingerprint density at radius 1 is 1.00 bits per heavy atom. The first-order chi connectivity index (χ1) is 13.7. The Morgan fingerprint density at radius 3 is 2.57 bits per heavy atom. The van der Waals surface area contributed by atoms with Crippen molar-refractivity contribution >= 4 is 5.69 Å². The molecule has 0 aromatic heterocycles. The van der Waals surface area contributed by atoms with Gasteiger partial charge in [-0.15, -0.1) is 0 Å². The van der Waals surface area contributed by atoms with E-state index in [0.717, 1.165) is 55.4 Å². The Hall–Kier alpha value is -2.44. The summed E-state index contributed by atoms with van der Waals surface area (Å²) >= 11 is 0. The molecular weight excluding hydrogens is 356 g/mol. The molecule has 1 N–H and O–H groups in total. The lowest BCUT2D eigenvalue weighted by Gasteiger charge is -2.37. The van der Waals surface area contributed by atoms with E-state index in [1.807, 2.05) is 30.3 Å².